The summed E-state index contributed by atoms with van der Waals surface area (Å²) in [5, 5.41) is 45.0. The van der Waals surface area contributed by atoms with Crippen molar-refractivity contribution in [3.63, 3.8) is 0 Å². The zero-order valence-corrected chi connectivity index (χ0v) is 32.3. The number of likely N-dealkylation sites (N-methyl/N-ethyl adjacent to an activating group) is 2. The molecule has 8 saturated heterocycles. The second kappa shape index (κ2) is 10.1. The summed E-state index contributed by atoms with van der Waals surface area (Å²) in [5.74, 6) is -2.26. The van der Waals surface area contributed by atoms with E-state index in [1.54, 1.807) is 13.1 Å². The Morgan fingerprint density at radius 2 is 1.16 bits per heavy atom. The summed E-state index contributed by atoms with van der Waals surface area (Å²) in [6, 6.07) is 14.6. The molecule has 3 unspecified atom stereocenters. The van der Waals surface area contributed by atoms with Gasteiger partial charge in [0.15, 0.2) is 4.87 Å². The first-order chi connectivity index (χ1) is 24.3. The number of amides is 4. The highest BCUT2D eigenvalue weighted by Gasteiger charge is 2.92. The fourth-order valence-corrected chi connectivity index (χ4v) is 22.7. The Kier molecular flexibility index (Phi) is 6.66. The molecule has 4 amide bonds. The van der Waals surface area contributed by atoms with Crippen molar-refractivity contribution in [2.24, 2.45) is 5.92 Å². The summed E-state index contributed by atoms with van der Waals surface area (Å²) in [6.07, 6.45) is -5.64. The lowest BCUT2D eigenvalue weighted by atomic mass is 9.52. The molecule has 10 atom stereocenters. The van der Waals surface area contributed by atoms with Gasteiger partial charge < -0.3 is 35.8 Å². The van der Waals surface area contributed by atoms with Crippen LogP contribution in [0.15, 0.2) is 48.5 Å². The number of anilines is 2. The monoisotopic (exact) mass is 804 g/mol. The maximum absolute atomic E-state index is 15.4. The number of rotatable bonds is 3. The van der Waals surface area contributed by atoms with Crippen LogP contribution in [0, 0.1) is 5.92 Å². The number of nitrogens with one attached hydrogen (secondary N) is 2. The lowest BCUT2D eigenvalue weighted by Gasteiger charge is -2.52. The Bertz CT molecular complexity index is 2020. The lowest BCUT2D eigenvalue weighted by molar-refractivity contribution is -0.169. The molecule has 51 heavy (non-hydrogen) atoms. The van der Waals surface area contributed by atoms with Crippen LogP contribution in [-0.4, -0.2) is 123 Å². The minimum Gasteiger partial charge on any atom is -0.392 e. The Morgan fingerprint density at radius 1 is 0.686 bits per heavy atom. The smallest absolute Gasteiger partial charge is 0.265 e. The van der Waals surface area contributed by atoms with Gasteiger partial charge in [-0.15, -0.1) is 0 Å². The van der Waals surface area contributed by atoms with Crippen molar-refractivity contribution in [3.8, 4) is 0 Å². The molecule has 0 radical (unpaired) electrons. The number of hydrogen-bond acceptors (Lipinski definition) is 15. The van der Waals surface area contributed by atoms with Crippen LogP contribution in [0.4, 0.5) is 11.4 Å². The van der Waals surface area contributed by atoms with Gasteiger partial charge in [0.25, 0.3) is 23.6 Å². The minimum absolute atomic E-state index is 0.320. The van der Waals surface area contributed by atoms with Crippen molar-refractivity contribution in [2.45, 2.75) is 68.7 Å². The predicted octanol–water partition coefficient (Wildman–Crippen LogP) is 2.24. The largest absolute Gasteiger partial charge is 0.392 e. The van der Waals surface area contributed by atoms with E-state index in [0.29, 0.717) is 22.5 Å². The molecule has 5 N–H and O–H groups in total. The first kappa shape index (κ1) is 33.5. The van der Waals surface area contributed by atoms with Crippen molar-refractivity contribution in [3.05, 3.63) is 59.7 Å². The average molecular weight is 805 g/mol. The highest BCUT2D eigenvalue weighted by Crippen LogP contribution is 2.78. The van der Waals surface area contributed by atoms with Crippen LogP contribution >= 0.6 is 62.8 Å². The third-order valence-electron chi connectivity index (χ3n) is 12.7. The van der Waals surface area contributed by atoms with Crippen molar-refractivity contribution in [1.82, 2.24) is 19.6 Å². The van der Waals surface area contributed by atoms with Gasteiger partial charge in [-0.05, 0) is 92.0 Å². The van der Waals surface area contributed by atoms with E-state index in [2.05, 4.69) is 10.6 Å². The number of aliphatic hydroxyl groups is 3. The van der Waals surface area contributed by atoms with E-state index in [-0.39, 0.29) is 11.8 Å². The zero-order chi connectivity index (χ0) is 35.8. The molecule has 12 rings (SSSR count). The number of piperazine rings is 2. The van der Waals surface area contributed by atoms with Crippen LogP contribution in [0.5, 0.6) is 0 Å². The summed E-state index contributed by atoms with van der Waals surface area (Å²) in [7, 11) is 10.1. The van der Waals surface area contributed by atoms with E-state index in [0.717, 1.165) is 42.2 Å². The summed E-state index contributed by atoms with van der Waals surface area (Å²) in [6.45, 7) is 3.13. The first-order valence-corrected chi connectivity index (χ1v) is 23.3. The van der Waals surface area contributed by atoms with Gasteiger partial charge in [0, 0.05) is 25.5 Å². The minimum atomic E-state index is -1.92. The Morgan fingerprint density at radius 3 is 1.67 bits per heavy atom. The van der Waals surface area contributed by atoms with E-state index in [1.165, 1.54) is 47.3 Å². The van der Waals surface area contributed by atoms with Crippen LogP contribution < -0.4 is 10.6 Å². The maximum atomic E-state index is 15.4. The zero-order valence-electron chi connectivity index (χ0n) is 27.4. The topological polar surface area (TPSA) is 166 Å². The third-order valence-corrected chi connectivity index (χ3v) is 23.1. The molecule has 2 aromatic rings. The van der Waals surface area contributed by atoms with Crippen LogP contribution in [-0.2, 0) is 30.0 Å². The summed E-state index contributed by atoms with van der Waals surface area (Å²) >= 11 is 0. The fraction of sp³-hybridized carbons (Fsp3) is 0.500. The molecule has 2 aromatic carbocycles. The molecule has 0 aromatic heterocycles. The molecule has 0 aliphatic carbocycles. The molecular formula is C32H32N6O7S6. The number of fused-ring (bicyclic) bond motifs is 13. The van der Waals surface area contributed by atoms with Crippen LogP contribution in [0.3, 0.4) is 0 Å². The number of nitrogens with zero attached hydrogens (tertiary/aromatic N) is 4. The van der Waals surface area contributed by atoms with E-state index >= 15 is 14.4 Å². The third kappa shape index (κ3) is 3.05. The number of para-hydroxylation sites is 2. The average Bonchev–Trinajstić information content (AvgIpc) is 3.64. The molecule has 10 aliphatic rings. The number of hydrogen-bond donors (Lipinski definition) is 5. The van der Waals surface area contributed by atoms with Crippen LogP contribution in [0.25, 0.3) is 0 Å². The molecule has 268 valence electrons. The summed E-state index contributed by atoms with van der Waals surface area (Å²) in [4.78, 5) is 59.3. The van der Waals surface area contributed by atoms with Crippen molar-refractivity contribution in [1.29, 1.82) is 0 Å². The summed E-state index contributed by atoms with van der Waals surface area (Å²) < 4.78 is 0. The predicted molar refractivity (Wildman–Crippen MR) is 201 cm³/mol. The number of benzene rings is 2. The molecule has 10 aliphatic heterocycles. The number of aliphatic hydroxyl groups excluding tert-OH is 3. The van der Waals surface area contributed by atoms with Gasteiger partial charge in [0.1, 0.15) is 24.5 Å². The highest BCUT2D eigenvalue weighted by molar-refractivity contribution is 9.10. The maximum Gasteiger partial charge on any atom is 0.265 e. The molecular weight excluding hydrogens is 773 g/mol. The highest BCUT2D eigenvalue weighted by atomic mass is 33.5. The molecule has 0 saturated carbocycles. The van der Waals surface area contributed by atoms with Gasteiger partial charge in [-0.2, -0.15) is 0 Å². The van der Waals surface area contributed by atoms with Gasteiger partial charge in [0.2, 0.25) is 14.6 Å². The SMILES string of the molecule is CC(C)[C@]12SSSC3(C(=O)N1C)[C@@H](O)[C@]1(C45c6ccccc6N[C@H]4N4C(=O)[C@@]6(CO)SSSC4(C(=O)N6C)[C@H]5O)c4ccccc4N[C@@H]1N3C2=O. The van der Waals surface area contributed by atoms with E-state index in [9.17, 15) is 20.1 Å². The van der Waals surface area contributed by atoms with Crippen LogP contribution in [0.1, 0.15) is 25.0 Å². The molecule has 2 spiro atoms. The van der Waals surface area contributed by atoms with Gasteiger partial charge in [-0.3, -0.25) is 29.0 Å². The van der Waals surface area contributed by atoms with Crippen molar-refractivity contribution >= 4 is 97.8 Å². The van der Waals surface area contributed by atoms with Crippen molar-refractivity contribution in [2.75, 3.05) is 31.3 Å². The second-order valence-corrected chi connectivity index (χ2v) is 23.2. The van der Waals surface area contributed by atoms with E-state index in [1.807, 2.05) is 56.3 Å². The number of carbonyl (C=O) groups excluding carboxylic acids is 4. The molecule has 10 heterocycles. The quantitative estimate of drug-likeness (QED) is 0.287. The van der Waals surface area contributed by atoms with E-state index in [4.69, 9.17) is 0 Å². The van der Waals surface area contributed by atoms with Gasteiger partial charge in [-0.25, -0.2) is 0 Å². The molecule has 4 bridgehead atoms. The molecule has 19 heteroatoms. The van der Waals surface area contributed by atoms with E-state index < -0.39 is 79.2 Å². The molecule has 13 nitrogen and oxygen atoms in total. The van der Waals surface area contributed by atoms with Gasteiger partial charge in [0.05, 0.1) is 17.4 Å². The molecule has 8 fully saturated rings. The van der Waals surface area contributed by atoms with Crippen LogP contribution in [0.2, 0.25) is 0 Å². The van der Waals surface area contributed by atoms with Gasteiger partial charge >= 0.3 is 0 Å². The van der Waals surface area contributed by atoms with Gasteiger partial charge in [-0.1, -0.05) is 50.2 Å². The normalized spacial score (nSPS) is 44.2. The fourth-order valence-electron chi connectivity index (χ4n) is 10.5. The summed E-state index contributed by atoms with van der Waals surface area (Å²) in [5.41, 5.74) is -1.21. The lowest BCUT2D eigenvalue weighted by Crippen LogP contribution is -2.75. The van der Waals surface area contributed by atoms with Crippen molar-refractivity contribution < 1.29 is 34.5 Å². The second-order valence-electron chi connectivity index (χ2n) is 14.5. The first-order valence-electron chi connectivity index (χ1n) is 16.3. The Hall–Kier alpha value is -2.10. The Balaban J connectivity index is 1.34. The number of carbonyl (C=O) groups is 4. The Labute approximate surface area is 315 Å². The standard InChI is InChI=1S/C32H32N6O7S6/c1-14(2)30-26(45)38-22-29(16-10-6-8-12-18(16)34-22,20(41)32(38,49-51-47-30)25(44)36(30)4)28-15-9-5-7-11-17(15)33-21(28)37-23(42)27(13-39)35(3)24(43)31(37,19(28)40)48-50-46-27/h5-12,14,19-22,33-34,39-41H,13H2,1-4H3/t19-,20-,21-,22+,27+,28?,29+,30+,31?,32?/m0/s1.